The summed E-state index contributed by atoms with van der Waals surface area (Å²) in [6, 6.07) is 15.5. The molecule has 2 aromatic carbocycles. The molecule has 0 aliphatic heterocycles. The second kappa shape index (κ2) is 5.58. The third-order valence-corrected chi connectivity index (χ3v) is 3.68. The van der Waals surface area contributed by atoms with Crippen molar-refractivity contribution in [3.05, 3.63) is 64.4 Å². The third-order valence-electron chi connectivity index (χ3n) is 3.68. The van der Waals surface area contributed by atoms with E-state index in [1.807, 2.05) is 45.0 Å². The molecule has 0 radical (unpaired) electrons. The molecule has 23 heavy (non-hydrogen) atoms. The average molecular weight is 307 g/mol. The van der Waals surface area contributed by atoms with E-state index in [2.05, 4.69) is 30.1 Å². The number of hydrogen-bond acceptors (Lipinski definition) is 2. The van der Waals surface area contributed by atoms with Crippen LogP contribution in [0.3, 0.4) is 0 Å². The summed E-state index contributed by atoms with van der Waals surface area (Å²) in [5.41, 5.74) is 3.95. The average Bonchev–Trinajstić information content (AvgIpc) is 2.45. The van der Waals surface area contributed by atoms with Gasteiger partial charge in [-0.05, 0) is 68.7 Å². The van der Waals surface area contributed by atoms with Crippen molar-refractivity contribution in [1.29, 1.82) is 0 Å². The number of ether oxygens (including phenoxy) is 1. The predicted molar refractivity (Wildman–Crippen MR) is 95.1 cm³/mol. The maximum absolute atomic E-state index is 11.5. The minimum atomic E-state index is -0.215. The molecular weight excluding hydrogens is 286 g/mol. The Morgan fingerprint density at radius 2 is 1.74 bits per heavy atom. The van der Waals surface area contributed by atoms with E-state index in [0.717, 1.165) is 33.3 Å². The van der Waals surface area contributed by atoms with Gasteiger partial charge in [0.1, 0.15) is 11.4 Å². The highest BCUT2D eigenvalue weighted by molar-refractivity contribution is 5.95. The smallest absolute Gasteiger partial charge is 0.248 e. The Labute approximate surface area is 135 Å². The highest BCUT2D eigenvalue weighted by atomic mass is 16.5. The van der Waals surface area contributed by atoms with Gasteiger partial charge in [0.05, 0.1) is 0 Å². The largest absolute Gasteiger partial charge is 0.488 e. The van der Waals surface area contributed by atoms with Gasteiger partial charge >= 0.3 is 0 Å². The van der Waals surface area contributed by atoms with Crippen LogP contribution in [0.5, 0.6) is 5.75 Å². The lowest BCUT2D eigenvalue weighted by Crippen LogP contribution is -2.22. The van der Waals surface area contributed by atoms with Crippen LogP contribution in [0.25, 0.3) is 22.0 Å². The SMILES string of the molecule is Cc1cc(OC(C)(C)C)ccc1-c1cccc2[nH]c(=O)ccc12. The first-order valence-corrected chi connectivity index (χ1v) is 7.76. The van der Waals surface area contributed by atoms with Crippen LogP contribution in [0.15, 0.2) is 53.3 Å². The van der Waals surface area contributed by atoms with Crippen molar-refractivity contribution in [3.8, 4) is 16.9 Å². The number of H-pyrrole nitrogens is 1. The van der Waals surface area contributed by atoms with E-state index >= 15 is 0 Å². The molecule has 0 saturated carbocycles. The van der Waals surface area contributed by atoms with Gasteiger partial charge in [-0.2, -0.15) is 0 Å². The van der Waals surface area contributed by atoms with Crippen molar-refractivity contribution >= 4 is 10.9 Å². The van der Waals surface area contributed by atoms with Crippen LogP contribution in [0.4, 0.5) is 0 Å². The lowest BCUT2D eigenvalue weighted by Gasteiger charge is -2.22. The van der Waals surface area contributed by atoms with Crippen molar-refractivity contribution in [2.45, 2.75) is 33.3 Å². The minimum Gasteiger partial charge on any atom is -0.488 e. The van der Waals surface area contributed by atoms with Crippen LogP contribution in [0.1, 0.15) is 26.3 Å². The van der Waals surface area contributed by atoms with Gasteiger partial charge in [0.25, 0.3) is 0 Å². The molecule has 118 valence electrons. The van der Waals surface area contributed by atoms with E-state index in [0.29, 0.717) is 0 Å². The molecular formula is C20H21NO2. The summed E-state index contributed by atoms with van der Waals surface area (Å²) >= 11 is 0. The summed E-state index contributed by atoms with van der Waals surface area (Å²) in [6.07, 6.45) is 0. The standard InChI is InChI=1S/C20H21NO2/c1-13-12-14(23-20(2,3)4)8-9-15(13)16-6-5-7-18-17(16)10-11-19(22)21-18/h5-12H,1-4H3,(H,21,22). The van der Waals surface area contributed by atoms with Gasteiger partial charge in [0.15, 0.2) is 0 Å². The summed E-state index contributed by atoms with van der Waals surface area (Å²) in [7, 11) is 0. The zero-order valence-electron chi connectivity index (χ0n) is 13.9. The Kier molecular flexibility index (Phi) is 3.72. The molecule has 0 aliphatic rings. The maximum Gasteiger partial charge on any atom is 0.248 e. The lowest BCUT2D eigenvalue weighted by atomic mass is 9.96. The molecule has 0 unspecified atom stereocenters. The van der Waals surface area contributed by atoms with E-state index in [-0.39, 0.29) is 11.2 Å². The van der Waals surface area contributed by atoms with Gasteiger partial charge in [-0.25, -0.2) is 0 Å². The Morgan fingerprint density at radius 1 is 0.957 bits per heavy atom. The highest BCUT2D eigenvalue weighted by Gasteiger charge is 2.13. The van der Waals surface area contributed by atoms with E-state index in [1.165, 1.54) is 0 Å². The van der Waals surface area contributed by atoms with Crippen molar-refractivity contribution in [1.82, 2.24) is 4.98 Å². The van der Waals surface area contributed by atoms with Gasteiger partial charge < -0.3 is 9.72 Å². The van der Waals surface area contributed by atoms with Crippen molar-refractivity contribution in [2.24, 2.45) is 0 Å². The number of aryl methyl sites for hydroxylation is 1. The molecule has 1 heterocycles. The van der Waals surface area contributed by atoms with E-state index < -0.39 is 0 Å². The summed E-state index contributed by atoms with van der Waals surface area (Å²) in [4.78, 5) is 14.4. The first-order valence-electron chi connectivity index (χ1n) is 7.76. The molecule has 0 amide bonds. The predicted octanol–water partition coefficient (Wildman–Crippen LogP) is 4.68. The number of aromatic amines is 1. The second-order valence-corrected chi connectivity index (χ2v) is 6.78. The van der Waals surface area contributed by atoms with Crippen molar-refractivity contribution < 1.29 is 4.74 Å². The quantitative estimate of drug-likeness (QED) is 0.747. The number of aromatic nitrogens is 1. The van der Waals surface area contributed by atoms with Gasteiger partial charge in [0.2, 0.25) is 5.56 Å². The molecule has 1 aromatic heterocycles. The molecule has 3 aromatic rings. The summed E-state index contributed by atoms with van der Waals surface area (Å²) in [5, 5.41) is 1.04. The normalized spacial score (nSPS) is 11.7. The molecule has 0 bridgehead atoms. The topological polar surface area (TPSA) is 42.1 Å². The number of benzene rings is 2. The summed E-state index contributed by atoms with van der Waals surface area (Å²) < 4.78 is 5.93. The number of rotatable bonds is 2. The van der Waals surface area contributed by atoms with Crippen LogP contribution < -0.4 is 10.3 Å². The van der Waals surface area contributed by atoms with Gasteiger partial charge in [-0.3, -0.25) is 4.79 Å². The molecule has 3 nitrogen and oxygen atoms in total. The van der Waals surface area contributed by atoms with Gasteiger partial charge in [-0.15, -0.1) is 0 Å². The van der Waals surface area contributed by atoms with Crippen molar-refractivity contribution in [2.75, 3.05) is 0 Å². The second-order valence-electron chi connectivity index (χ2n) is 6.78. The molecule has 0 spiro atoms. The Balaban J connectivity index is 2.11. The van der Waals surface area contributed by atoms with E-state index in [9.17, 15) is 4.79 Å². The summed E-state index contributed by atoms with van der Waals surface area (Å²) in [5.74, 6) is 0.868. The van der Waals surface area contributed by atoms with Crippen LogP contribution in [0.2, 0.25) is 0 Å². The first kappa shape index (κ1) is 15.3. The molecule has 1 N–H and O–H groups in total. The fraction of sp³-hybridized carbons (Fsp3) is 0.250. The molecule has 0 aliphatic carbocycles. The Morgan fingerprint density at radius 3 is 2.43 bits per heavy atom. The first-order chi connectivity index (χ1) is 10.8. The monoisotopic (exact) mass is 307 g/mol. The summed E-state index contributed by atoms with van der Waals surface area (Å²) in [6.45, 7) is 8.20. The zero-order chi connectivity index (χ0) is 16.6. The fourth-order valence-electron chi connectivity index (χ4n) is 2.78. The van der Waals surface area contributed by atoms with E-state index in [4.69, 9.17) is 4.74 Å². The maximum atomic E-state index is 11.5. The van der Waals surface area contributed by atoms with E-state index in [1.54, 1.807) is 6.07 Å². The Bertz CT molecular complexity index is 917. The highest BCUT2D eigenvalue weighted by Crippen LogP contribution is 2.32. The lowest BCUT2D eigenvalue weighted by molar-refractivity contribution is 0.131. The minimum absolute atomic E-state index is 0.0831. The fourth-order valence-corrected chi connectivity index (χ4v) is 2.78. The molecule has 0 atom stereocenters. The van der Waals surface area contributed by atoms with Crippen LogP contribution >= 0.6 is 0 Å². The molecule has 3 rings (SSSR count). The molecule has 3 heteroatoms. The van der Waals surface area contributed by atoms with Crippen LogP contribution in [0, 0.1) is 6.92 Å². The van der Waals surface area contributed by atoms with Crippen LogP contribution in [-0.2, 0) is 0 Å². The number of hydrogen-bond donors (Lipinski definition) is 1. The number of nitrogens with one attached hydrogen (secondary N) is 1. The Hall–Kier alpha value is -2.55. The van der Waals surface area contributed by atoms with Gasteiger partial charge in [-0.1, -0.05) is 18.2 Å². The van der Waals surface area contributed by atoms with Crippen molar-refractivity contribution in [3.63, 3.8) is 0 Å². The third kappa shape index (κ3) is 3.29. The van der Waals surface area contributed by atoms with Crippen LogP contribution in [-0.4, -0.2) is 10.6 Å². The zero-order valence-corrected chi connectivity index (χ0v) is 13.9. The number of pyridine rings is 1. The number of fused-ring (bicyclic) bond motifs is 1. The molecule has 0 fully saturated rings. The molecule has 0 saturated heterocycles. The van der Waals surface area contributed by atoms with Gasteiger partial charge in [0, 0.05) is 17.0 Å².